The number of amides is 1. The second-order valence-electron chi connectivity index (χ2n) is 4.44. The average Bonchev–Trinajstić information content (AvgIpc) is 2.42. The van der Waals surface area contributed by atoms with Crippen LogP contribution in [0.5, 0.6) is 11.5 Å². The van der Waals surface area contributed by atoms with Gasteiger partial charge in [0.15, 0.2) is 11.5 Å². The van der Waals surface area contributed by atoms with Gasteiger partial charge in [-0.15, -0.1) is 0 Å². The molecule has 2 N–H and O–H groups in total. The lowest BCUT2D eigenvalue weighted by Crippen LogP contribution is -2.12. The first-order valence-electron chi connectivity index (χ1n) is 6.06. The van der Waals surface area contributed by atoms with E-state index in [0.29, 0.717) is 17.0 Å². The normalized spacial score (nSPS) is 10.3. The van der Waals surface area contributed by atoms with Gasteiger partial charge >= 0.3 is 0 Å². The summed E-state index contributed by atoms with van der Waals surface area (Å²) in [6.07, 6.45) is 0. The maximum absolute atomic E-state index is 12.3. The minimum Gasteiger partial charge on any atom is -0.504 e. The summed E-state index contributed by atoms with van der Waals surface area (Å²) >= 11 is 6.84. The molecule has 2 aromatic carbocycles. The quantitative estimate of drug-likeness (QED) is 0.777. The maximum Gasteiger partial charge on any atom is 0.255 e. The number of phenols is 1. The first kappa shape index (κ1) is 15.9. The van der Waals surface area contributed by atoms with Crippen LogP contribution in [0.25, 0.3) is 0 Å². The van der Waals surface area contributed by atoms with Crippen LogP contribution in [0, 0.1) is 6.92 Å². The summed E-state index contributed by atoms with van der Waals surface area (Å²) in [7, 11) is 1.45. The lowest BCUT2D eigenvalue weighted by molar-refractivity contribution is 0.102. The van der Waals surface area contributed by atoms with Crippen LogP contribution in [0.2, 0.25) is 0 Å². The van der Waals surface area contributed by atoms with Crippen molar-refractivity contribution in [1.29, 1.82) is 0 Å². The third-order valence-corrected chi connectivity index (χ3v) is 4.12. The van der Waals surface area contributed by atoms with Crippen LogP contribution >= 0.6 is 31.9 Å². The summed E-state index contributed by atoms with van der Waals surface area (Å²) in [5, 5.41) is 12.5. The Morgan fingerprint density at radius 3 is 2.33 bits per heavy atom. The van der Waals surface area contributed by atoms with Gasteiger partial charge in [0, 0.05) is 14.5 Å². The molecule has 0 saturated carbocycles. The highest BCUT2D eigenvalue weighted by Crippen LogP contribution is 2.33. The maximum atomic E-state index is 12.3. The predicted molar refractivity (Wildman–Crippen MR) is 89.2 cm³/mol. The lowest BCUT2D eigenvalue weighted by Gasteiger charge is -2.11. The van der Waals surface area contributed by atoms with Crippen molar-refractivity contribution in [3.05, 3.63) is 50.4 Å². The summed E-state index contributed by atoms with van der Waals surface area (Å²) in [4.78, 5) is 12.3. The molecule has 0 aliphatic heterocycles. The second-order valence-corrected chi connectivity index (χ2v) is 6.15. The number of benzene rings is 2. The van der Waals surface area contributed by atoms with Crippen molar-refractivity contribution < 1.29 is 14.6 Å². The Labute approximate surface area is 139 Å². The number of hydrogen-bond donors (Lipinski definition) is 2. The summed E-state index contributed by atoms with van der Waals surface area (Å²) in [5.41, 5.74) is 2.04. The van der Waals surface area contributed by atoms with Crippen molar-refractivity contribution in [2.24, 2.45) is 0 Å². The number of aryl methyl sites for hydroxylation is 1. The first-order valence-corrected chi connectivity index (χ1v) is 7.65. The molecule has 0 heterocycles. The molecule has 0 unspecified atom stereocenters. The number of phenolic OH excluding ortho intramolecular Hbond substituents is 1. The summed E-state index contributed by atoms with van der Waals surface area (Å²) < 4.78 is 6.51. The second kappa shape index (κ2) is 6.49. The highest BCUT2D eigenvalue weighted by Gasteiger charge is 2.13. The molecule has 0 aliphatic carbocycles. The van der Waals surface area contributed by atoms with Crippen LogP contribution in [0.4, 0.5) is 5.69 Å². The predicted octanol–water partition coefficient (Wildman–Crippen LogP) is 4.49. The molecule has 2 aromatic rings. The van der Waals surface area contributed by atoms with Crippen molar-refractivity contribution >= 4 is 43.5 Å². The topological polar surface area (TPSA) is 58.6 Å². The van der Waals surface area contributed by atoms with Gasteiger partial charge in [-0.2, -0.15) is 0 Å². The number of carbonyl (C=O) groups is 1. The fraction of sp³-hybridized carbons (Fsp3) is 0.133. The number of hydrogen-bond acceptors (Lipinski definition) is 3. The molecule has 0 saturated heterocycles. The Morgan fingerprint density at radius 1 is 1.19 bits per heavy atom. The summed E-state index contributed by atoms with van der Waals surface area (Å²) in [5.74, 6) is -0.0744. The summed E-state index contributed by atoms with van der Waals surface area (Å²) in [6, 6.07) is 8.31. The Hall–Kier alpha value is -1.53. The molecular weight excluding hydrogens is 402 g/mol. The number of nitrogens with one attached hydrogen (secondary N) is 1. The van der Waals surface area contributed by atoms with E-state index in [2.05, 4.69) is 37.2 Å². The molecule has 1 amide bonds. The smallest absolute Gasteiger partial charge is 0.255 e. The zero-order chi connectivity index (χ0) is 15.6. The third kappa shape index (κ3) is 3.57. The minimum absolute atomic E-state index is 0.0767. The molecule has 0 radical (unpaired) electrons. The van der Waals surface area contributed by atoms with Crippen LogP contribution in [-0.2, 0) is 0 Å². The fourth-order valence-corrected chi connectivity index (χ4v) is 3.45. The number of aromatic hydroxyl groups is 1. The Morgan fingerprint density at radius 2 is 1.81 bits per heavy atom. The van der Waals surface area contributed by atoms with Crippen molar-refractivity contribution in [3.63, 3.8) is 0 Å². The monoisotopic (exact) mass is 413 g/mol. The Balaban J connectivity index is 2.28. The van der Waals surface area contributed by atoms with Gasteiger partial charge in [0.25, 0.3) is 5.91 Å². The van der Waals surface area contributed by atoms with Crippen LogP contribution in [-0.4, -0.2) is 18.1 Å². The zero-order valence-corrected chi connectivity index (χ0v) is 14.6. The standard InChI is InChI=1S/C15H13Br2NO3/c1-8-5-10(16)14(11(17)6-8)18-15(20)9-3-4-13(21-2)12(19)7-9/h3-7,19H,1-2H3,(H,18,20). The fourth-order valence-electron chi connectivity index (χ4n) is 1.84. The first-order chi connectivity index (χ1) is 9.92. The van der Waals surface area contributed by atoms with Crippen molar-refractivity contribution in [1.82, 2.24) is 0 Å². The number of anilines is 1. The highest BCUT2D eigenvalue weighted by molar-refractivity contribution is 9.11. The van der Waals surface area contributed by atoms with E-state index in [4.69, 9.17) is 4.74 Å². The van der Waals surface area contributed by atoms with Gasteiger partial charge in [0.2, 0.25) is 0 Å². The van der Waals surface area contributed by atoms with Crippen LogP contribution < -0.4 is 10.1 Å². The molecule has 0 bridgehead atoms. The minimum atomic E-state index is -0.321. The van der Waals surface area contributed by atoms with Gasteiger partial charge in [-0.25, -0.2) is 0 Å². The van der Waals surface area contributed by atoms with Crippen LogP contribution in [0.3, 0.4) is 0 Å². The van der Waals surface area contributed by atoms with E-state index in [1.165, 1.54) is 13.2 Å². The van der Waals surface area contributed by atoms with Gasteiger partial charge in [0.05, 0.1) is 12.8 Å². The van der Waals surface area contributed by atoms with Crippen molar-refractivity contribution in [2.75, 3.05) is 12.4 Å². The van der Waals surface area contributed by atoms with Gasteiger partial charge in [-0.1, -0.05) is 0 Å². The van der Waals surface area contributed by atoms with E-state index in [1.54, 1.807) is 12.1 Å². The lowest BCUT2D eigenvalue weighted by atomic mass is 10.1. The van der Waals surface area contributed by atoms with Gasteiger partial charge in [-0.3, -0.25) is 4.79 Å². The number of halogens is 2. The number of carbonyl (C=O) groups excluding carboxylic acids is 1. The molecule has 2 rings (SSSR count). The van der Waals surface area contributed by atoms with Gasteiger partial charge < -0.3 is 15.2 Å². The number of rotatable bonds is 3. The van der Waals surface area contributed by atoms with Gasteiger partial charge in [-0.05, 0) is 74.7 Å². The highest BCUT2D eigenvalue weighted by atomic mass is 79.9. The molecule has 110 valence electrons. The molecular formula is C15H13Br2NO3. The van der Waals surface area contributed by atoms with Crippen molar-refractivity contribution in [3.8, 4) is 11.5 Å². The molecule has 6 heteroatoms. The van der Waals surface area contributed by atoms with E-state index >= 15 is 0 Å². The van der Waals surface area contributed by atoms with E-state index in [0.717, 1.165) is 14.5 Å². The van der Waals surface area contributed by atoms with Crippen molar-refractivity contribution in [2.45, 2.75) is 6.92 Å². The van der Waals surface area contributed by atoms with Gasteiger partial charge in [0.1, 0.15) is 0 Å². The molecule has 0 aliphatic rings. The van der Waals surface area contributed by atoms with Crippen LogP contribution in [0.15, 0.2) is 39.3 Å². The third-order valence-electron chi connectivity index (χ3n) is 2.87. The number of methoxy groups -OCH3 is 1. The van der Waals surface area contributed by atoms with Crippen LogP contribution in [0.1, 0.15) is 15.9 Å². The molecule has 4 nitrogen and oxygen atoms in total. The zero-order valence-electron chi connectivity index (χ0n) is 11.4. The summed E-state index contributed by atoms with van der Waals surface area (Å²) in [6.45, 7) is 1.96. The molecule has 0 aromatic heterocycles. The van der Waals surface area contributed by atoms with E-state index < -0.39 is 0 Å². The van der Waals surface area contributed by atoms with E-state index in [9.17, 15) is 9.90 Å². The average molecular weight is 415 g/mol. The Kier molecular flexibility index (Phi) is 4.90. The molecule has 0 atom stereocenters. The molecule has 21 heavy (non-hydrogen) atoms. The Bertz CT molecular complexity index is 678. The molecule has 0 fully saturated rings. The SMILES string of the molecule is COc1ccc(C(=O)Nc2c(Br)cc(C)cc2Br)cc1O. The largest absolute Gasteiger partial charge is 0.504 e. The van der Waals surface area contributed by atoms with E-state index in [1.807, 2.05) is 19.1 Å². The molecule has 0 spiro atoms. The number of ether oxygens (including phenoxy) is 1. The van der Waals surface area contributed by atoms with E-state index in [-0.39, 0.29) is 11.7 Å².